The molecule has 2 aliphatic rings. The SMILES string of the molecule is CCOC(=O)CC(C(=O)O)N1CCN(CC2CN(c3ccc(C(N)=NC(=O)c4ccccc4)cc3)C(=O)O2)CC1. The Balaban J connectivity index is 1.29. The number of aliphatic imine (C=N–C) groups is 1. The van der Waals surface area contributed by atoms with Crippen molar-refractivity contribution in [2.75, 3.05) is 50.8 Å². The Morgan fingerprint density at radius 2 is 1.73 bits per heavy atom. The molecule has 0 spiro atoms. The third-order valence-electron chi connectivity index (χ3n) is 6.85. The van der Waals surface area contributed by atoms with Gasteiger partial charge in [0.25, 0.3) is 5.91 Å². The minimum absolute atomic E-state index is 0.0776. The van der Waals surface area contributed by atoms with E-state index in [9.17, 15) is 24.3 Å². The Bertz CT molecular complexity index is 1240. The number of ether oxygens (including phenoxy) is 2. The van der Waals surface area contributed by atoms with Gasteiger partial charge >= 0.3 is 18.0 Å². The number of anilines is 1. The summed E-state index contributed by atoms with van der Waals surface area (Å²) in [5, 5.41) is 9.58. The van der Waals surface area contributed by atoms with Crippen LogP contribution in [0.4, 0.5) is 10.5 Å². The van der Waals surface area contributed by atoms with Crippen LogP contribution >= 0.6 is 0 Å². The third-order valence-corrected chi connectivity index (χ3v) is 6.85. The highest BCUT2D eigenvalue weighted by molar-refractivity contribution is 6.09. The van der Waals surface area contributed by atoms with Crippen molar-refractivity contribution >= 4 is 35.5 Å². The lowest BCUT2D eigenvalue weighted by Crippen LogP contribution is -2.54. The van der Waals surface area contributed by atoms with Crippen LogP contribution in [0.3, 0.4) is 0 Å². The normalized spacial score (nSPS) is 19.2. The fourth-order valence-corrected chi connectivity index (χ4v) is 4.75. The molecule has 2 saturated heterocycles. The van der Waals surface area contributed by atoms with E-state index < -0.39 is 30.0 Å². The monoisotopic (exact) mass is 551 g/mol. The first-order valence-corrected chi connectivity index (χ1v) is 13.1. The lowest BCUT2D eigenvalue weighted by Gasteiger charge is -2.37. The molecule has 2 unspecified atom stereocenters. The molecule has 0 aromatic heterocycles. The van der Waals surface area contributed by atoms with Crippen molar-refractivity contribution in [3.05, 3.63) is 65.7 Å². The topological polar surface area (TPSA) is 155 Å². The van der Waals surface area contributed by atoms with Crippen LogP contribution in [0.25, 0.3) is 0 Å². The molecule has 0 radical (unpaired) electrons. The first-order valence-electron chi connectivity index (χ1n) is 13.1. The van der Waals surface area contributed by atoms with Gasteiger partial charge in [-0.1, -0.05) is 18.2 Å². The van der Waals surface area contributed by atoms with Crippen LogP contribution in [0.5, 0.6) is 0 Å². The van der Waals surface area contributed by atoms with Crippen molar-refractivity contribution in [1.29, 1.82) is 0 Å². The Kier molecular flexibility index (Phi) is 9.46. The van der Waals surface area contributed by atoms with Crippen LogP contribution < -0.4 is 10.6 Å². The fraction of sp³-hybridized carbons (Fsp3) is 0.393. The number of nitrogens with zero attached hydrogens (tertiary/aromatic N) is 4. The Morgan fingerprint density at radius 3 is 2.35 bits per heavy atom. The summed E-state index contributed by atoms with van der Waals surface area (Å²) in [5.41, 5.74) is 7.65. The molecule has 12 heteroatoms. The van der Waals surface area contributed by atoms with Crippen LogP contribution in [0.1, 0.15) is 29.3 Å². The summed E-state index contributed by atoms with van der Waals surface area (Å²) in [5.74, 6) is -1.94. The molecule has 2 heterocycles. The van der Waals surface area contributed by atoms with Crippen molar-refractivity contribution in [1.82, 2.24) is 9.80 Å². The molecule has 3 N–H and O–H groups in total. The smallest absolute Gasteiger partial charge is 0.414 e. The molecule has 2 aromatic carbocycles. The van der Waals surface area contributed by atoms with E-state index in [2.05, 4.69) is 9.89 Å². The third kappa shape index (κ3) is 7.21. The molecular formula is C28H33N5O7. The van der Waals surface area contributed by atoms with E-state index in [0.717, 1.165) is 0 Å². The second-order valence-electron chi connectivity index (χ2n) is 9.53. The summed E-state index contributed by atoms with van der Waals surface area (Å²) >= 11 is 0. The van der Waals surface area contributed by atoms with Gasteiger partial charge in [-0.25, -0.2) is 4.79 Å². The van der Waals surface area contributed by atoms with E-state index in [4.69, 9.17) is 15.2 Å². The molecule has 2 atom stereocenters. The maximum absolute atomic E-state index is 12.6. The molecule has 2 aromatic rings. The summed E-state index contributed by atoms with van der Waals surface area (Å²) < 4.78 is 10.5. The zero-order valence-electron chi connectivity index (χ0n) is 22.3. The second-order valence-corrected chi connectivity index (χ2v) is 9.53. The van der Waals surface area contributed by atoms with Gasteiger partial charge in [0, 0.05) is 49.5 Å². The van der Waals surface area contributed by atoms with Gasteiger partial charge in [0.1, 0.15) is 18.0 Å². The largest absolute Gasteiger partial charge is 0.480 e. The standard InChI is InChI=1S/C28H33N5O7/c1-2-39-24(34)16-23(27(36)37)32-14-12-31(13-15-32)17-22-18-33(28(38)40-22)21-10-8-19(9-11-21)25(29)30-26(35)20-6-4-3-5-7-20/h3-11,22-23H,2,12-18H2,1H3,(H,36,37)(H2,29,30,35). The molecule has 0 saturated carbocycles. The van der Waals surface area contributed by atoms with Crippen LogP contribution in [0, 0.1) is 0 Å². The van der Waals surface area contributed by atoms with Gasteiger partial charge in [-0.15, -0.1) is 0 Å². The van der Waals surface area contributed by atoms with Gasteiger partial charge in [0.15, 0.2) is 0 Å². The van der Waals surface area contributed by atoms with Crippen LogP contribution in [0.2, 0.25) is 0 Å². The number of carboxylic acid groups (broad SMARTS) is 1. The van der Waals surface area contributed by atoms with E-state index in [-0.39, 0.29) is 25.0 Å². The van der Waals surface area contributed by atoms with Crippen molar-refractivity contribution in [2.24, 2.45) is 10.7 Å². The molecule has 212 valence electrons. The lowest BCUT2D eigenvalue weighted by atomic mass is 10.1. The van der Waals surface area contributed by atoms with Gasteiger partial charge < -0.3 is 20.3 Å². The van der Waals surface area contributed by atoms with E-state index in [1.54, 1.807) is 60.4 Å². The molecule has 12 nitrogen and oxygen atoms in total. The second kappa shape index (κ2) is 13.2. The maximum atomic E-state index is 12.6. The van der Waals surface area contributed by atoms with Crippen LogP contribution in [0.15, 0.2) is 59.6 Å². The molecule has 2 aliphatic heterocycles. The highest BCUT2D eigenvalue weighted by Crippen LogP contribution is 2.23. The van der Waals surface area contributed by atoms with Gasteiger partial charge in [0.2, 0.25) is 0 Å². The first kappa shape index (κ1) is 28.7. The number of cyclic esters (lactones) is 1. The molecule has 0 aliphatic carbocycles. The van der Waals surface area contributed by atoms with Crippen LogP contribution in [-0.2, 0) is 19.1 Å². The number of hydrogen-bond acceptors (Lipinski definition) is 8. The first-order chi connectivity index (χ1) is 19.2. The highest BCUT2D eigenvalue weighted by atomic mass is 16.6. The molecule has 2 fully saturated rings. The number of benzene rings is 2. The number of amidine groups is 1. The summed E-state index contributed by atoms with van der Waals surface area (Å²) in [6.45, 7) is 4.85. The zero-order valence-corrected chi connectivity index (χ0v) is 22.3. The molecular weight excluding hydrogens is 518 g/mol. The summed E-state index contributed by atoms with van der Waals surface area (Å²) in [6, 6.07) is 14.5. The number of piperazine rings is 1. The van der Waals surface area contributed by atoms with Gasteiger partial charge in [-0.2, -0.15) is 4.99 Å². The Morgan fingerprint density at radius 1 is 1.05 bits per heavy atom. The lowest BCUT2D eigenvalue weighted by molar-refractivity contribution is -0.153. The summed E-state index contributed by atoms with van der Waals surface area (Å²) in [6.07, 6.45) is -1.01. The Hall–Kier alpha value is -4.29. The summed E-state index contributed by atoms with van der Waals surface area (Å²) in [4.78, 5) is 57.8. The number of rotatable bonds is 10. The van der Waals surface area contributed by atoms with E-state index in [1.165, 1.54) is 4.90 Å². The average Bonchev–Trinajstić information content (AvgIpc) is 3.32. The molecule has 2 amide bonds. The van der Waals surface area contributed by atoms with Crippen molar-refractivity contribution in [3.8, 4) is 0 Å². The van der Waals surface area contributed by atoms with Gasteiger partial charge in [-0.3, -0.25) is 29.1 Å². The molecule has 0 bridgehead atoms. The van der Waals surface area contributed by atoms with Crippen LogP contribution in [-0.4, -0.2) is 103 Å². The van der Waals surface area contributed by atoms with Crippen molar-refractivity contribution in [2.45, 2.75) is 25.5 Å². The van der Waals surface area contributed by atoms with E-state index in [1.807, 2.05) is 6.07 Å². The minimum Gasteiger partial charge on any atom is -0.480 e. The van der Waals surface area contributed by atoms with Crippen molar-refractivity contribution in [3.63, 3.8) is 0 Å². The predicted molar refractivity (Wildman–Crippen MR) is 146 cm³/mol. The number of hydrogen-bond donors (Lipinski definition) is 2. The number of carbonyl (C=O) groups excluding carboxylic acids is 3. The van der Waals surface area contributed by atoms with Crippen molar-refractivity contribution < 1.29 is 33.8 Å². The zero-order chi connectivity index (χ0) is 28.6. The quantitative estimate of drug-likeness (QED) is 0.253. The van der Waals surface area contributed by atoms with Gasteiger partial charge in [0.05, 0.1) is 19.6 Å². The fourth-order valence-electron chi connectivity index (χ4n) is 4.75. The average molecular weight is 552 g/mol. The van der Waals surface area contributed by atoms with E-state index >= 15 is 0 Å². The number of aliphatic carboxylic acids is 1. The molecule has 4 rings (SSSR count). The number of nitrogens with two attached hydrogens (primary N) is 1. The van der Waals surface area contributed by atoms with Gasteiger partial charge in [-0.05, 0) is 43.3 Å². The predicted octanol–water partition coefficient (Wildman–Crippen LogP) is 1.58. The number of carboxylic acids is 1. The minimum atomic E-state index is -1.05. The van der Waals surface area contributed by atoms with E-state index in [0.29, 0.717) is 56.1 Å². The summed E-state index contributed by atoms with van der Waals surface area (Å²) in [7, 11) is 0. The Labute approximate surface area is 231 Å². The number of amides is 2. The highest BCUT2D eigenvalue weighted by Gasteiger charge is 2.36. The molecule has 40 heavy (non-hydrogen) atoms. The maximum Gasteiger partial charge on any atom is 0.414 e. The number of esters is 1. The number of carbonyl (C=O) groups is 4.